The van der Waals surface area contributed by atoms with Crippen LogP contribution in [-0.4, -0.2) is 32.0 Å². The van der Waals surface area contributed by atoms with E-state index in [9.17, 15) is 4.79 Å². The first-order valence-electron chi connectivity index (χ1n) is 2.35. The summed E-state index contributed by atoms with van der Waals surface area (Å²) in [6.07, 6.45) is 0. The molecule has 0 fully saturated rings. The maximum absolute atomic E-state index is 9.60. The fourth-order valence-electron chi connectivity index (χ4n) is 0. The van der Waals surface area contributed by atoms with E-state index in [-0.39, 0.29) is 5.57 Å². The molecule has 0 saturated carbocycles. The Bertz CT molecular complexity index is 90.0. The van der Waals surface area contributed by atoms with E-state index >= 15 is 0 Å². The highest BCUT2D eigenvalue weighted by Crippen LogP contribution is 1.81. The lowest BCUT2D eigenvalue weighted by Gasteiger charge is -1.79. The minimum atomic E-state index is -0.935. The van der Waals surface area contributed by atoms with E-state index in [2.05, 4.69) is 10.7 Å². The number of carboxylic acids is 1. The van der Waals surface area contributed by atoms with E-state index in [1.54, 1.807) is 0 Å². The molecule has 0 radical (unpaired) electrons. The third-order valence-electron chi connectivity index (χ3n) is 0.365. The van der Waals surface area contributed by atoms with Gasteiger partial charge in [0.25, 0.3) is 0 Å². The van der Waals surface area contributed by atoms with E-state index in [1.165, 1.54) is 6.92 Å². The van der Waals surface area contributed by atoms with E-state index in [0.717, 1.165) is 21.0 Å². The van der Waals surface area contributed by atoms with Crippen LogP contribution in [0.4, 0.5) is 0 Å². The number of rotatable bonds is 1. The van der Waals surface area contributed by atoms with Crippen LogP contribution in [-0.2, 0) is 8.91 Å². The van der Waals surface area contributed by atoms with Crippen LogP contribution in [0.25, 0.3) is 0 Å². The summed E-state index contributed by atoms with van der Waals surface area (Å²) in [6, 6.07) is 0. The monoisotopic (exact) mass is 164 g/mol. The average Bonchev–Trinajstić information content (AvgIpc) is 1.68. The molecule has 5 heteroatoms. The van der Waals surface area contributed by atoms with Crippen LogP contribution in [0.15, 0.2) is 12.2 Å². The molecule has 1 N–H and O–H groups in total. The highest BCUT2D eigenvalue weighted by molar-refractivity contribution is 6.15. The molecule has 0 rings (SSSR count). The normalized spacial score (nSPS) is 7.67. The molecule has 0 spiro atoms. The average molecular weight is 164 g/mol. The second kappa shape index (κ2) is 7.60. The summed E-state index contributed by atoms with van der Waals surface area (Å²) in [5.41, 5.74) is 0.176. The summed E-state index contributed by atoms with van der Waals surface area (Å²) >= 11 is 0. The molecule has 0 saturated heterocycles. The Morgan fingerprint density at radius 2 is 1.78 bits per heavy atom. The largest absolute Gasteiger partial charge is 0.478 e. The van der Waals surface area contributed by atoms with Gasteiger partial charge in [-0.3, -0.25) is 0 Å². The molecule has 0 aromatic carbocycles. The van der Waals surface area contributed by atoms with Crippen molar-refractivity contribution in [2.75, 3.05) is 0 Å². The van der Waals surface area contributed by atoms with E-state index in [1.807, 2.05) is 0 Å². The van der Waals surface area contributed by atoms with Gasteiger partial charge in [-0.25, -0.2) is 4.79 Å². The van der Waals surface area contributed by atoms with Crippen molar-refractivity contribution in [1.82, 2.24) is 0 Å². The first kappa shape index (κ1) is 11.4. The van der Waals surface area contributed by atoms with Gasteiger partial charge in [0.1, 0.15) is 21.0 Å². The van der Waals surface area contributed by atoms with Crippen LogP contribution < -0.4 is 0 Å². The Morgan fingerprint density at radius 1 is 1.67 bits per heavy atom. The van der Waals surface area contributed by atoms with Crippen LogP contribution in [0.1, 0.15) is 6.92 Å². The molecule has 0 aromatic rings. The second-order valence-corrected chi connectivity index (χ2v) is 4.76. The zero-order valence-corrected chi connectivity index (χ0v) is 9.97. The third-order valence-corrected chi connectivity index (χ3v) is 0.365. The minimum absolute atomic E-state index is 0.176. The highest BCUT2D eigenvalue weighted by Gasteiger charge is 1.90. The van der Waals surface area contributed by atoms with Gasteiger partial charge in [-0.05, 0) is 6.92 Å². The standard InChI is InChI=1S/C4H6O2.H6OSi2/c1-3(2)4(5)6;2-1-3/h1H2,2H3,(H,5,6);2-3H3. The Hall–Kier alpha value is -0.396. The predicted molar refractivity (Wildman–Crippen MR) is 43.4 cm³/mol. The van der Waals surface area contributed by atoms with Crippen molar-refractivity contribution < 1.29 is 14.0 Å². The lowest BCUT2D eigenvalue weighted by molar-refractivity contribution is -0.132. The molecular formula is C4H12O3Si2. The van der Waals surface area contributed by atoms with Crippen molar-refractivity contribution in [2.24, 2.45) is 0 Å². The van der Waals surface area contributed by atoms with Gasteiger partial charge in [0.05, 0.1) is 0 Å². The lowest BCUT2D eigenvalue weighted by Crippen LogP contribution is -1.92. The summed E-state index contributed by atoms with van der Waals surface area (Å²) in [7, 11) is 1.86. The van der Waals surface area contributed by atoms with Gasteiger partial charge in [0.2, 0.25) is 0 Å². The van der Waals surface area contributed by atoms with Gasteiger partial charge in [0, 0.05) is 5.57 Å². The molecule has 0 unspecified atom stereocenters. The van der Waals surface area contributed by atoms with Gasteiger partial charge in [-0.2, -0.15) is 0 Å². The van der Waals surface area contributed by atoms with Gasteiger partial charge < -0.3 is 9.22 Å². The molecule has 0 aliphatic rings. The van der Waals surface area contributed by atoms with Crippen LogP contribution >= 0.6 is 0 Å². The lowest BCUT2D eigenvalue weighted by atomic mass is 10.4. The molecule has 0 bridgehead atoms. The van der Waals surface area contributed by atoms with Gasteiger partial charge in [0.15, 0.2) is 0 Å². The fourth-order valence-corrected chi connectivity index (χ4v) is 0. The molecule has 3 nitrogen and oxygen atoms in total. The number of carbonyl (C=O) groups is 1. The Morgan fingerprint density at radius 3 is 1.78 bits per heavy atom. The summed E-state index contributed by atoms with van der Waals surface area (Å²) in [5, 5.41) is 7.89. The summed E-state index contributed by atoms with van der Waals surface area (Å²) in [6.45, 7) is 4.60. The summed E-state index contributed by atoms with van der Waals surface area (Å²) in [5.74, 6) is -0.935. The third kappa shape index (κ3) is 18.4. The molecule has 0 amide bonds. The number of hydrogen-bond donors (Lipinski definition) is 1. The molecular weight excluding hydrogens is 152 g/mol. The van der Waals surface area contributed by atoms with Gasteiger partial charge >= 0.3 is 5.97 Å². The SMILES string of the molecule is C=C(C)C(=O)O.[SiH3]O[SiH3]. The minimum Gasteiger partial charge on any atom is -0.478 e. The zero-order valence-electron chi connectivity index (χ0n) is 5.97. The molecule has 54 valence electrons. The number of hydrogen-bond acceptors (Lipinski definition) is 2. The first-order valence-corrected chi connectivity index (χ1v) is 3.98. The maximum Gasteiger partial charge on any atom is 0.330 e. The topological polar surface area (TPSA) is 46.5 Å². The second-order valence-electron chi connectivity index (χ2n) is 1.49. The van der Waals surface area contributed by atoms with Crippen molar-refractivity contribution in [2.45, 2.75) is 6.92 Å². The zero-order chi connectivity index (χ0) is 7.86. The van der Waals surface area contributed by atoms with Gasteiger partial charge in [-0.1, -0.05) is 6.58 Å². The number of carboxylic acid groups (broad SMARTS) is 1. The fraction of sp³-hybridized carbons (Fsp3) is 0.250. The first-order chi connectivity index (χ1) is 4.06. The quantitative estimate of drug-likeness (QED) is 0.368. The number of aliphatic carboxylic acids is 1. The molecule has 0 heterocycles. The molecule has 0 aliphatic heterocycles. The smallest absolute Gasteiger partial charge is 0.330 e. The van der Waals surface area contributed by atoms with E-state index in [4.69, 9.17) is 5.11 Å². The summed E-state index contributed by atoms with van der Waals surface area (Å²) < 4.78 is 4.53. The van der Waals surface area contributed by atoms with Crippen molar-refractivity contribution in [3.8, 4) is 0 Å². The van der Waals surface area contributed by atoms with Gasteiger partial charge in [-0.15, -0.1) is 0 Å². The van der Waals surface area contributed by atoms with Crippen LogP contribution in [0.5, 0.6) is 0 Å². The van der Waals surface area contributed by atoms with E-state index in [0.29, 0.717) is 0 Å². The Labute approximate surface area is 60.8 Å². The van der Waals surface area contributed by atoms with E-state index < -0.39 is 5.97 Å². The molecule has 9 heavy (non-hydrogen) atoms. The van der Waals surface area contributed by atoms with Crippen molar-refractivity contribution in [3.05, 3.63) is 12.2 Å². The molecule has 0 aliphatic carbocycles. The summed E-state index contributed by atoms with van der Waals surface area (Å²) in [4.78, 5) is 9.60. The Kier molecular flexibility index (Phi) is 9.64. The van der Waals surface area contributed by atoms with Crippen molar-refractivity contribution >= 4 is 26.9 Å². The van der Waals surface area contributed by atoms with Crippen molar-refractivity contribution in [1.29, 1.82) is 0 Å². The molecule has 0 aromatic heterocycles. The van der Waals surface area contributed by atoms with Crippen molar-refractivity contribution in [3.63, 3.8) is 0 Å². The maximum atomic E-state index is 9.60. The van der Waals surface area contributed by atoms with Crippen LogP contribution in [0.3, 0.4) is 0 Å². The van der Waals surface area contributed by atoms with Crippen LogP contribution in [0.2, 0.25) is 0 Å². The Balaban J connectivity index is 0. The van der Waals surface area contributed by atoms with Crippen LogP contribution in [0, 0.1) is 0 Å². The predicted octanol–water partition coefficient (Wildman–Crippen LogP) is -1.79. The molecule has 0 atom stereocenters. The highest BCUT2D eigenvalue weighted by atomic mass is 28.3.